The van der Waals surface area contributed by atoms with E-state index < -0.39 is 0 Å². The van der Waals surface area contributed by atoms with Gasteiger partial charge < -0.3 is 0 Å². The van der Waals surface area contributed by atoms with Crippen molar-refractivity contribution < 1.29 is 0 Å². The van der Waals surface area contributed by atoms with E-state index in [4.69, 9.17) is 0 Å². The Hall–Kier alpha value is 1.54. The highest BCUT2D eigenvalue weighted by Crippen LogP contribution is 2.26. The average Bonchev–Trinajstić information content (AvgIpc) is 1.90. The topological polar surface area (TPSA) is 0 Å². The van der Waals surface area contributed by atoms with Crippen LogP contribution in [0.2, 0.25) is 0 Å². The molecule has 0 spiro atoms. The predicted molar refractivity (Wildman–Crippen MR) is 46.8 cm³/mol. The van der Waals surface area contributed by atoms with Crippen molar-refractivity contribution in [2.45, 2.75) is 0 Å². The maximum absolute atomic E-state index is 1.83. The molecular formula is S7. The minimum absolute atomic E-state index is 1.83. The SMILES string of the molecule is s1ssssss1. The Morgan fingerprint density at radius 1 is 0.286 bits per heavy atom. The summed E-state index contributed by atoms with van der Waals surface area (Å²) >= 11 is 0. The third kappa shape index (κ3) is 3.17. The zero-order chi connectivity index (χ0) is 4.95. The largest absolute Gasteiger partial charge is 0 e. The maximum Gasteiger partial charge on any atom is 0 e. The Kier molecular flexibility index (Phi) is 4.21. The summed E-state index contributed by atoms with van der Waals surface area (Å²) in [7, 11) is 12.8. The van der Waals surface area contributed by atoms with Crippen molar-refractivity contribution in [2.75, 3.05) is 0 Å². The highest BCUT2D eigenvalue weighted by Gasteiger charge is 1.64. The Bertz CT molecular complexity index is 88.0. The quantitative estimate of drug-likeness (QED) is 0.574. The summed E-state index contributed by atoms with van der Waals surface area (Å²) in [6, 6.07) is 0. The molecule has 0 atom stereocenters. The molecule has 1 heterocycles. The first-order valence-corrected chi connectivity index (χ1v) is 10.5. The van der Waals surface area contributed by atoms with Crippen LogP contribution < -0.4 is 0 Å². The van der Waals surface area contributed by atoms with Gasteiger partial charge in [0.15, 0.2) is 0 Å². The summed E-state index contributed by atoms with van der Waals surface area (Å²) < 4.78 is 0. The van der Waals surface area contributed by atoms with Crippen LogP contribution >= 0.6 is 65.4 Å². The summed E-state index contributed by atoms with van der Waals surface area (Å²) in [6.45, 7) is 0. The third-order valence-corrected chi connectivity index (χ3v) is 15.7. The molecule has 42 valence electrons. The molecule has 0 aromatic carbocycles. The standard InChI is InChI=1S/S7/c1-2-4-6-7-5-3-1. The first-order valence-electron chi connectivity index (χ1n) is 1.17. The van der Waals surface area contributed by atoms with Crippen LogP contribution in [0.5, 0.6) is 0 Å². The number of rotatable bonds is 0. The molecule has 0 bridgehead atoms. The fraction of sp³-hybridized carbons (Fsp3) is 0. The van der Waals surface area contributed by atoms with E-state index in [2.05, 4.69) is 0 Å². The second-order valence-electron chi connectivity index (χ2n) is 0.476. The lowest BCUT2D eigenvalue weighted by molar-refractivity contribution is 5.22. The summed E-state index contributed by atoms with van der Waals surface area (Å²) in [4.78, 5) is 0. The fourth-order valence-corrected chi connectivity index (χ4v) is 19.3. The zero-order valence-electron chi connectivity index (χ0n) is 2.86. The molecule has 0 saturated carbocycles. The molecule has 7 heavy (non-hydrogen) atoms. The smallest absolute Gasteiger partial charge is 0 e. The second-order valence-corrected chi connectivity index (χ2v) is 12.9. The molecule has 0 fully saturated rings. The predicted octanol–water partition coefficient (Wildman–Crippen LogP) is 4.37. The summed E-state index contributed by atoms with van der Waals surface area (Å²) in [5.74, 6) is 0. The Balaban J connectivity index is 3.06. The van der Waals surface area contributed by atoms with Crippen molar-refractivity contribution >= 4 is 65.4 Å². The Morgan fingerprint density at radius 2 is 0.429 bits per heavy atom. The van der Waals surface area contributed by atoms with E-state index in [9.17, 15) is 0 Å². The summed E-state index contributed by atoms with van der Waals surface area (Å²) in [6.07, 6.45) is 0. The van der Waals surface area contributed by atoms with E-state index in [0.717, 1.165) is 0 Å². The van der Waals surface area contributed by atoms with E-state index in [1.807, 2.05) is 65.4 Å². The van der Waals surface area contributed by atoms with E-state index in [1.54, 1.807) is 0 Å². The first-order chi connectivity index (χ1) is 3.50. The molecule has 1 rings (SSSR count). The van der Waals surface area contributed by atoms with Crippen LogP contribution in [0.25, 0.3) is 0 Å². The van der Waals surface area contributed by atoms with Gasteiger partial charge in [-0.15, -0.1) is 0 Å². The van der Waals surface area contributed by atoms with Crippen molar-refractivity contribution in [1.29, 1.82) is 0 Å². The van der Waals surface area contributed by atoms with Crippen LogP contribution in [0.3, 0.4) is 0 Å². The van der Waals surface area contributed by atoms with Gasteiger partial charge in [-0.1, -0.05) is 0 Å². The van der Waals surface area contributed by atoms with Crippen LogP contribution in [0.1, 0.15) is 0 Å². The molecule has 0 radical (unpaired) electrons. The zero-order valence-corrected chi connectivity index (χ0v) is 8.57. The van der Waals surface area contributed by atoms with Gasteiger partial charge in [0.05, 0.1) is 0 Å². The van der Waals surface area contributed by atoms with Gasteiger partial charge in [-0.05, 0) is 0 Å². The van der Waals surface area contributed by atoms with Crippen molar-refractivity contribution in [1.82, 2.24) is 0 Å². The molecule has 0 amide bonds. The molecule has 7 heteroatoms. The van der Waals surface area contributed by atoms with Gasteiger partial charge in [0.2, 0.25) is 0 Å². The van der Waals surface area contributed by atoms with Gasteiger partial charge in [-0.2, -0.15) is 0 Å². The van der Waals surface area contributed by atoms with E-state index in [0.29, 0.717) is 0 Å². The fourth-order valence-electron chi connectivity index (χ4n) is 0.0794. The first kappa shape index (κ1) is 6.66. The van der Waals surface area contributed by atoms with Crippen molar-refractivity contribution in [3.8, 4) is 0 Å². The molecule has 1 aromatic rings. The molecule has 1 aromatic heterocycles. The lowest BCUT2D eigenvalue weighted by Crippen LogP contribution is -0.847. The summed E-state index contributed by atoms with van der Waals surface area (Å²) in [5, 5.41) is 0. The van der Waals surface area contributed by atoms with Gasteiger partial charge in [0.1, 0.15) is 0 Å². The molecule has 0 aliphatic rings. The van der Waals surface area contributed by atoms with E-state index >= 15 is 0 Å². The highest BCUT2D eigenvalue weighted by molar-refractivity contribution is 8.33. The lowest BCUT2D eigenvalue weighted by Gasteiger charge is -1.47. The highest BCUT2D eigenvalue weighted by atomic mass is 33.7. The Morgan fingerprint density at radius 3 is 0.571 bits per heavy atom. The Labute approximate surface area is 64.7 Å². The van der Waals surface area contributed by atoms with E-state index in [-0.39, 0.29) is 0 Å². The van der Waals surface area contributed by atoms with Gasteiger partial charge >= 0.3 is 0 Å². The lowest BCUT2D eigenvalue weighted by atomic mass is 30.6. The summed E-state index contributed by atoms with van der Waals surface area (Å²) in [5.41, 5.74) is 0. The molecule has 0 N–H and O–H groups in total. The van der Waals surface area contributed by atoms with Gasteiger partial charge in [0.25, 0.3) is 0 Å². The third-order valence-electron chi connectivity index (χ3n) is 0.194. The molecule has 0 nitrogen and oxygen atoms in total. The number of hydrogen-bond donors (Lipinski definition) is 0. The minimum Gasteiger partial charge on any atom is 0 e. The minimum atomic E-state index is 1.83. The van der Waals surface area contributed by atoms with Crippen LogP contribution in [0, 0.1) is 0 Å². The van der Waals surface area contributed by atoms with Crippen molar-refractivity contribution in [3.05, 3.63) is 0 Å². The second kappa shape index (κ2) is 4.42. The molecular weight excluding hydrogens is 224 g/mol. The van der Waals surface area contributed by atoms with Crippen molar-refractivity contribution in [2.24, 2.45) is 0 Å². The van der Waals surface area contributed by atoms with Gasteiger partial charge in [0, 0.05) is 65.4 Å². The normalized spacial score (nSPS) is 8.00. The van der Waals surface area contributed by atoms with Crippen LogP contribution in [-0.2, 0) is 0 Å². The van der Waals surface area contributed by atoms with E-state index in [1.165, 1.54) is 0 Å². The molecule has 0 aliphatic heterocycles. The molecule has 0 aliphatic carbocycles. The van der Waals surface area contributed by atoms with Crippen molar-refractivity contribution in [3.63, 3.8) is 0 Å². The van der Waals surface area contributed by atoms with Crippen LogP contribution in [0.15, 0.2) is 0 Å². The monoisotopic (exact) mass is 224 g/mol. The van der Waals surface area contributed by atoms with Gasteiger partial charge in [-0.3, -0.25) is 0 Å². The molecule has 0 unspecified atom stereocenters. The molecule has 0 saturated heterocycles. The average molecular weight is 224 g/mol. The number of hydrogen-bond acceptors (Lipinski definition) is 7. The maximum atomic E-state index is 1.83. The van der Waals surface area contributed by atoms with Crippen LogP contribution in [0.4, 0.5) is 0 Å². The van der Waals surface area contributed by atoms with Crippen LogP contribution in [-0.4, -0.2) is 0 Å². The van der Waals surface area contributed by atoms with Gasteiger partial charge in [-0.25, -0.2) is 0 Å².